The number of carbonyl (C=O) groups is 4. The minimum atomic E-state index is -1.18. The van der Waals surface area contributed by atoms with Crippen LogP contribution in [0.3, 0.4) is 0 Å². The average Bonchev–Trinajstić information content (AvgIpc) is 3.71. The number of allylic oxidation sites excluding steroid dienone is 1. The molecule has 1 aromatic rings. The van der Waals surface area contributed by atoms with Crippen LogP contribution in [0.5, 0.6) is 0 Å². The molecule has 0 spiro atoms. The average molecular weight is 815 g/mol. The van der Waals surface area contributed by atoms with Crippen LogP contribution in [0.4, 0.5) is 0 Å². The molecule has 1 aliphatic heterocycles. The van der Waals surface area contributed by atoms with E-state index in [1.54, 1.807) is 13.8 Å². The van der Waals surface area contributed by atoms with Crippen molar-refractivity contribution in [1.82, 2.24) is 9.80 Å². The maximum Gasteiger partial charge on any atom is 0.309 e. The van der Waals surface area contributed by atoms with Gasteiger partial charge in [-0.3, -0.25) is 24.1 Å². The lowest BCUT2D eigenvalue weighted by atomic mass is 9.33. The standard InChI is InChI=1S/C50H74N2O7/c1-32(2)42-35(53)28-50(38(54)31-51(30-33-14-11-10-12-15-33)26-27-52-25-13-16-40(52)55)24-23-48(8)34(43(42)50)17-18-37-47(7)21-20-39(59-41(56)29-45(3,4)44(57)58)46(5,6)36(47)19-22-49(37,48)9/h10-12,14-15,32,34,36-39,54H,13,16-31H2,1-9H3,(H,57,58)/t34-,36+,37?,38+,39+,47+,48-,49-,50+/m1/s1. The number of likely N-dealkylation sites (tertiary alicyclic amines) is 1. The van der Waals surface area contributed by atoms with Crippen LogP contribution in [0, 0.1) is 56.2 Å². The molecule has 0 bridgehead atoms. The highest BCUT2D eigenvalue weighted by molar-refractivity contribution is 6.00. The highest BCUT2D eigenvalue weighted by Crippen LogP contribution is 2.77. The summed E-state index contributed by atoms with van der Waals surface area (Å²) in [5.74, 6) is 0.118. The molecule has 7 rings (SSSR count). The second kappa shape index (κ2) is 15.7. The van der Waals surface area contributed by atoms with Crippen LogP contribution in [-0.4, -0.2) is 82.0 Å². The second-order valence-corrected chi connectivity index (χ2v) is 22.3. The van der Waals surface area contributed by atoms with Crippen molar-refractivity contribution < 1.29 is 34.1 Å². The van der Waals surface area contributed by atoms with Gasteiger partial charge in [-0.25, -0.2) is 0 Å². The van der Waals surface area contributed by atoms with Gasteiger partial charge in [0.05, 0.1) is 17.9 Å². The van der Waals surface area contributed by atoms with E-state index >= 15 is 0 Å². The van der Waals surface area contributed by atoms with E-state index in [2.05, 4.69) is 77.6 Å². The Morgan fingerprint density at radius 2 is 1.64 bits per heavy atom. The number of ether oxygens (including phenoxy) is 1. The van der Waals surface area contributed by atoms with Gasteiger partial charge in [0.15, 0.2) is 5.78 Å². The fraction of sp³-hybridized carbons (Fsp3) is 0.760. The molecule has 9 heteroatoms. The Morgan fingerprint density at radius 1 is 0.932 bits per heavy atom. The molecule has 1 aromatic carbocycles. The fourth-order valence-corrected chi connectivity index (χ4v) is 14.6. The number of carbonyl (C=O) groups excluding carboxylic acids is 3. The summed E-state index contributed by atoms with van der Waals surface area (Å²) in [5.41, 5.74) is 1.41. The summed E-state index contributed by atoms with van der Waals surface area (Å²) in [6.45, 7) is 22.9. The van der Waals surface area contributed by atoms with Crippen molar-refractivity contribution in [3.8, 4) is 0 Å². The van der Waals surface area contributed by atoms with Crippen molar-refractivity contribution >= 4 is 23.6 Å². The highest BCUT2D eigenvalue weighted by atomic mass is 16.5. The van der Waals surface area contributed by atoms with E-state index in [0.29, 0.717) is 50.9 Å². The number of aliphatic hydroxyl groups is 1. The number of Topliss-reactive ketones (excluding diaryl/α,β-unsaturated/α-hetero) is 1. The zero-order valence-corrected chi connectivity index (χ0v) is 37.7. The molecule has 6 aliphatic rings. The number of hydrogen-bond acceptors (Lipinski definition) is 7. The number of nitrogens with zero attached hydrogens (tertiary/aromatic N) is 2. The summed E-state index contributed by atoms with van der Waals surface area (Å²) in [6, 6.07) is 10.4. The smallest absolute Gasteiger partial charge is 0.309 e. The highest BCUT2D eigenvalue weighted by Gasteiger charge is 2.71. The molecule has 9 nitrogen and oxygen atoms in total. The Morgan fingerprint density at radius 3 is 2.29 bits per heavy atom. The van der Waals surface area contributed by atoms with Gasteiger partial charge in [0, 0.05) is 56.4 Å². The van der Waals surface area contributed by atoms with Crippen LogP contribution in [0.1, 0.15) is 145 Å². The van der Waals surface area contributed by atoms with Gasteiger partial charge >= 0.3 is 11.9 Å². The molecule has 0 radical (unpaired) electrons. The Labute approximate surface area is 354 Å². The largest absolute Gasteiger partial charge is 0.481 e. The molecule has 59 heavy (non-hydrogen) atoms. The topological polar surface area (TPSA) is 124 Å². The molecule has 2 N–H and O–H groups in total. The predicted molar refractivity (Wildman–Crippen MR) is 229 cm³/mol. The van der Waals surface area contributed by atoms with Crippen molar-refractivity contribution in [2.75, 3.05) is 26.2 Å². The number of fused-ring (bicyclic) bond motifs is 7. The van der Waals surface area contributed by atoms with Crippen molar-refractivity contribution in [2.24, 2.45) is 56.2 Å². The van der Waals surface area contributed by atoms with Gasteiger partial charge in [-0.05, 0) is 123 Å². The number of esters is 1. The first kappa shape index (κ1) is 44.0. The first-order valence-electron chi connectivity index (χ1n) is 23.0. The molecular formula is C50H74N2O7. The molecule has 1 heterocycles. The lowest BCUT2D eigenvalue weighted by Crippen LogP contribution is -2.66. The Balaban J connectivity index is 1.16. The van der Waals surface area contributed by atoms with Crippen LogP contribution in [0.25, 0.3) is 0 Å². The van der Waals surface area contributed by atoms with E-state index in [9.17, 15) is 29.4 Å². The van der Waals surface area contributed by atoms with Crippen molar-refractivity contribution in [3.05, 3.63) is 47.0 Å². The summed E-state index contributed by atoms with van der Waals surface area (Å²) in [5, 5.41) is 22.4. The lowest BCUT2D eigenvalue weighted by molar-refractivity contribution is -0.235. The minimum absolute atomic E-state index is 0.0196. The zero-order chi connectivity index (χ0) is 42.9. The number of rotatable bonds is 13. The van der Waals surface area contributed by atoms with E-state index in [1.807, 2.05) is 11.0 Å². The number of hydrogen-bond donors (Lipinski definition) is 2. The normalized spacial score (nSPS) is 36.0. The summed E-state index contributed by atoms with van der Waals surface area (Å²) < 4.78 is 6.20. The number of aliphatic carboxylic acids is 1. The van der Waals surface area contributed by atoms with Crippen molar-refractivity contribution in [3.63, 3.8) is 0 Å². The first-order chi connectivity index (χ1) is 27.6. The van der Waals surface area contributed by atoms with Crippen LogP contribution < -0.4 is 0 Å². The molecule has 9 atom stereocenters. The third-order valence-electron chi connectivity index (χ3n) is 18.0. The van der Waals surface area contributed by atoms with Crippen LogP contribution in [0.2, 0.25) is 0 Å². The zero-order valence-electron chi connectivity index (χ0n) is 37.7. The summed E-state index contributed by atoms with van der Waals surface area (Å²) in [6.07, 6.45) is 8.43. The minimum Gasteiger partial charge on any atom is -0.481 e. The first-order valence-corrected chi connectivity index (χ1v) is 23.0. The fourth-order valence-electron chi connectivity index (χ4n) is 14.6. The number of amides is 1. The molecule has 4 saturated carbocycles. The number of carboxylic acid groups (broad SMARTS) is 1. The van der Waals surface area contributed by atoms with Gasteiger partial charge < -0.3 is 19.8 Å². The molecule has 0 aromatic heterocycles. The summed E-state index contributed by atoms with van der Waals surface area (Å²) >= 11 is 0. The lowest BCUT2D eigenvalue weighted by Gasteiger charge is -2.72. The molecule has 5 fully saturated rings. The molecule has 1 unspecified atom stereocenters. The van der Waals surface area contributed by atoms with E-state index in [-0.39, 0.29) is 57.7 Å². The SMILES string of the molecule is CC(C)C1=C2[C@H]3CCC4[C@@]5(C)CC[C@H](OC(=O)CC(C)(C)C(=O)O)C(C)(C)[C@@H]5CC[C@@]4(C)[C@]3(C)CC[C@@]2([C@@H](O)CN(CCN2CCCC2=O)Cc2ccccc2)CC1=O. The van der Waals surface area contributed by atoms with Gasteiger partial charge in [-0.15, -0.1) is 0 Å². The second-order valence-electron chi connectivity index (χ2n) is 22.3. The quantitative estimate of drug-likeness (QED) is 0.189. The van der Waals surface area contributed by atoms with Gasteiger partial charge in [-0.2, -0.15) is 0 Å². The Hall–Kier alpha value is -3.04. The summed E-state index contributed by atoms with van der Waals surface area (Å²) in [7, 11) is 0. The van der Waals surface area contributed by atoms with E-state index in [0.717, 1.165) is 69.9 Å². The molecule has 1 amide bonds. The summed E-state index contributed by atoms with van der Waals surface area (Å²) in [4.78, 5) is 56.3. The van der Waals surface area contributed by atoms with Crippen molar-refractivity contribution in [2.45, 2.75) is 158 Å². The molecule has 326 valence electrons. The molecular weight excluding hydrogens is 741 g/mol. The maximum absolute atomic E-state index is 14.4. The Kier molecular flexibility index (Phi) is 11.7. The van der Waals surface area contributed by atoms with Gasteiger partial charge in [-0.1, -0.05) is 84.4 Å². The van der Waals surface area contributed by atoms with Crippen LogP contribution in [0.15, 0.2) is 41.5 Å². The molecule has 1 saturated heterocycles. The van der Waals surface area contributed by atoms with E-state index in [1.165, 1.54) is 11.1 Å². The third-order valence-corrected chi connectivity index (χ3v) is 18.0. The number of carboxylic acids is 1. The maximum atomic E-state index is 14.4. The van der Waals surface area contributed by atoms with Crippen LogP contribution >= 0.6 is 0 Å². The number of ketones is 1. The van der Waals surface area contributed by atoms with Gasteiger partial charge in [0.25, 0.3) is 0 Å². The van der Waals surface area contributed by atoms with Gasteiger partial charge in [0.1, 0.15) is 6.10 Å². The monoisotopic (exact) mass is 815 g/mol. The number of aliphatic hydroxyl groups excluding tert-OH is 1. The van der Waals surface area contributed by atoms with Crippen LogP contribution in [-0.2, 0) is 30.5 Å². The van der Waals surface area contributed by atoms with E-state index in [4.69, 9.17) is 4.74 Å². The molecule has 5 aliphatic carbocycles. The third kappa shape index (κ3) is 7.34. The number of benzene rings is 1. The van der Waals surface area contributed by atoms with E-state index < -0.39 is 28.9 Å². The Bertz CT molecular complexity index is 1840. The van der Waals surface area contributed by atoms with Crippen molar-refractivity contribution in [1.29, 1.82) is 0 Å². The predicted octanol–water partition coefficient (Wildman–Crippen LogP) is 8.87. The van der Waals surface area contributed by atoms with Gasteiger partial charge in [0.2, 0.25) is 5.91 Å².